The van der Waals surface area contributed by atoms with E-state index in [1.807, 2.05) is 6.92 Å². The molecule has 0 aliphatic rings. The van der Waals surface area contributed by atoms with Crippen molar-refractivity contribution in [1.82, 2.24) is 0 Å². The fourth-order valence-corrected chi connectivity index (χ4v) is 2.65. The molecule has 0 spiro atoms. The van der Waals surface area contributed by atoms with Gasteiger partial charge in [0, 0.05) is 10.7 Å². The Kier molecular flexibility index (Phi) is 6.98. The lowest BCUT2D eigenvalue weighted by Gasteiger charge is -2.12. The minimum Gasteiger partial charge on any atom is -0.494 e. The van der Waals surface area contributed by atoms with Crippen LogP contribution in [0.2, 0.25) is 0 Å². The van der Waals surface area contributed by atoms with E-state index in [-0.39, 0.29) is 11.7 Å². The molecule has 0 aliphatic carbocycles. The zero-order valence-electron chi connectivity index (χ0n) is 12.0. The number of hydrogen-bond acceptors (Lipinski definition) is 5. The molecule has 0 N–H and O–H groups in total. The number of rotatable bonds is 8. The van der Waals surface area contributed by atoms with Crippen LogP contribution in [-0.4, -0.2) is 33.9 Å². The molecule has 0 aromatic heterocycles. The Morgan fingerprint density at radius 3 is 2.67 bits per heavy atom. The van der Waals surface area contributed by atoms with Crippen molar-refractivity contribution in [1.29, 1.82) is 0 Å². The van der Waals surface area contributed by atoms with Crippen molar-refractivity contribution < 1.29 is 22.7 Å². The Morgan fingerprint density at radius 1 is 1.33 bits per heavy atom. The topological polar surface area (TPSA) is 69.7 Å². The highest BCUT2D eigenvalue weighted by Gasteiger charge is 2.10. The predicted molar refractivity (Wildman–Crippen MR) is 81.3 cm³/mol. The highest BCUT2D eigenvalue weighted by Crippen LogP contribution is 2.16. The van der Waals surface area contributed by atoms with Gasteiger partial charge in [0.15, 0.2) is 0 Å². The van der Waals surface area contributed by atoms with Crippen LogP contribution in [0.4, 0.5) is 0 Å². The first kappa shape index (κ1) is 17.8. The van der Waals surface area contributed by atoms with Gasteiger partial charge < -0.3 is 9.47 Å². The van der Waals surface area contributed by atoms with E-state index in [0.717, 1.165) is 0 Å². The van der Waals surface area contributed by atoms with Gasteiger partial charge in [-0.05, 0) is 37.0 Å². The second-order valence-corrected chi connectivity index (χ2v) is 7.69. The number of halogens is 1. The molecule has 0 radical (unpaired) electrons. The molecule has 7 heteroatoms. The third-order valence-electron chi connectivity index (χ3n) is 2.99. The van der Waals surface area contributed by atoms with Crippen LogP contribution in [0.5, 0.6) is 5.75 Å². The van der Waals surface area contributed by atoms with E-state index in [0.29, 0.717) is 30.8 Å². The molecule has 1 aromatic rings. The predicted octanol–water partition coefficient (Wildman–Crippen LogP) is 2.84. The van der Waals surface area contributed by atoms with Crippen LogP contribution in [0.25, 0.3) is 0 Å². The molecule has 21 heavy (non-hydrogen) atoms. The maximum absolute atomic E-state index is 11.4. The van der Waals surface area contributed by atoms with Crippen molar-refractivity contribution >= 4 is 25.7 Å². The largest absolute Gasteiger partial charge is 0.494 e. The maximum Gasteiger partial charge on any atom is 0.337 e. The van der Waals surface area contributed by atoms with Crippen molar-refractivity contribution in [2.45, 2.75) is 19.8 Å². The van der Waals surface area contributed by atoms with Crippen LogP contribution in [0, 0.1) is 5.92 Å². The first-order valence-electron chi connectivity index (χ1n) is 6.55. The quantitative estimate of drug-likeness (QED) is 0.540. The summed E-state index contributed by atoms with van der Waals surface area (Å²) in [4.78, 5) is 11.4. The first-order chi connectivity index (χ1) is 9.81. The molecular weight excluding hydrogens is 316 g/mol. The van der Waals surface area contributed by atoms with E-state index in [2.05, 4.69) is 4.74 Å². The summed E-state index contributed by atoms with van der Waals surface area (Å²) < 4.78 is 31.9. The second kappa shape index (κ2) is 8.24. The highest BCUT2D eigenvalue weighted by atomic mass is 35.7. The van der Waals surface area contributed by atoms with Gasteiger partial charge in [-0.3, -0.25) is 0 Å². The zero-order chi connectivity index (χ0) is 15.9. The average molecular weight is 335 g/mol. The molecule has 0 fully saturated rings. The Hall–Kier alpha value is -1.27. The fraction of sp³-hybridized carbons (Fsp3) is 0.500. The second-order valence-electron chi connectivity index (χ2n) is 4.79. The Labute approximate surface area is 129 Å². The van der Waals surface area contributed by atoms with Crippen LogP contribution in [0.15, 0.2) is 24.3 Å². The molecule has 0 bridgehead atoms. The van der Waals surface area contributed by atoms with E-state index in [1.165, 1.54) is 7.11 Å². The lowest BCUT2D eigenvalue weighted by Crippen LogP contribution is -2.09. The number of ether oxygens (including phenoxy) is 2. The van der Waals surface area contributed by atoms with E-state index in [1.54, 1.807) is 24.3 Å². The van der Waals surface area contributed by atoms with Crippen LogP contribution < -0.4 is 4.74 Å². The number of benzene rings is 1. The number of methoxy groups -OCH3 is 1. The summed E-state index contributed by atoms with van der Waals surface area (Å²) in [6, 6.07) is 6.72. The smallest absolute Gasteiger partial charge is 0.337 e. The summed E-state index contributed by atoms with van der Waals surface area (Å²) in [6.07, 6.45) is 1.20. The molecule has 0 saturated heterocycles. The molecule has 1 rings (SSSR count). The van der Waals surface area contributed by atoms with Crippen LogP contribution in [0.1, 0.15) is 30.1 Å². The van der Waals surface area contributed by atoms with Gasteiger partial charge >= 0.3 is 5.97 Å². The van der Waals surface area contributed by atoms with Crippen molar-refractivity contribution in [3.05, 3.63) is 29.8 Å². The van der Waals surface area contributed by atoms with Gasteiger partial charge in [-0.15, -0.1) is 0 Å². The van der Waals surface area contributed by atoms with Gasteiger partial charge in [0.1, 0.15) is 5.75 Å². The normalized spacial score (nSPS) is 12.7. The van der Waals surface area contributed by atoms with Crippen molar-refractivity contribution in [2.24, 2.45) is 5.92 Å². The standard InChI is InChI=1S/C14H19ClO5S/c1-11(7-9-21(15,17)18)6-8-20-13-5-3-4-12(10-13)14(16)19-2/h3-5,10-11H,6-9H2,1-2H3. The van der Waals surface area contributed by atoms with E-state index < -0.39 is 15.0 Å². The average Bonchev–Trinajstić information content (AvgIpc) is 2.44. The summed E-state index contributed by atoms with van der Waals surface area (Å²) in [6.45, 7) is 2.38. The molecule has 0 amide bonds. The fourth-order valence-electron chi connectivity index (χ4n) is 1.69. The van der Waals surface area contributed by atoms with Gasteiger partial charge in [0.25, 0.3) is 0 Å². The monoisotopic (exact) mass is 334 g/mol. The highest BCUT2D eigenvalue weighted by molar-refractivity contribution is 8.13. The molecule has 1 unspecified atom stereocenters. The molecule has 1 aromatic carbocycles. The Morgan fingerprint density at radius 2 is 2.05 bits per heavy atom. The van der Waals surface area contributed by atoms with E-state index in [4.69, 9.17) is 15.4 Å². The lowest BCUT2D eigenvalue weighted by molar-refractivity contribution is 0.0600. The summed E-state index contributed by atoms with van der Waals surface area (Å²) in [7, 11) is 3.05. The first-order valence-corrected chi connectivity index (χ1v) is 9.03. The van der Waals surface area contributed by atoms with E-state index >= 15 is 0 Å². The molecule has 0 saturated carbocycles. The molecule has 5 nitrogen and oxygen atoms in total. The number of carbonyl (C=O) groups excluding carboxylic acids is 1. The molecule has 0 heterocycles. The van der Waals surface area contributed by atoms with Crippen molar-refractivity contribution in [3.8, 4) is 5.75 Å². The van der Waals surface area contributed by atoms with Gasteiger partial charge in [0.2, 0.25) is 9.05 Å². The van der Waals surface area contributed by atoms with Gasteiger partial charge in [-0.2, -0.15) is 0 Å². The summed E-state index contributed by atoms with van der Waals surface area (Å²) in [5.41, 5.74) is 0.427. The summed E-state index contributed by atoms with van der Waals surface area (Å²) in [5, 5.41) is 0. The third kappa shape index (κ3) is 7.34. The zero-order valence-corrected chi connectivity index (χ0v) is 13.6. The van der Waals surface area contributed by atoms with Crippen LogP contribution in [-0.2, 0) is 13.8 Å². The van der Waals surface area contributed by atoms with Crippen molar-refractivity contribution in [2.75, 3.05) is 19.5 Å². The summed E-state index contributed by atoms with van der Waals surface area (Å²) >= 11 is 0. The molecule has 1 atom stereocenters. The van der Waals surface area contributed by atoms with E-state index in [9.17, 15) is 13.2 Å². The van der Waals surface area contributed by atoms with Crippen molar-refractivity contribution in [3.63, 3.8) is 0 Å². The summed E-state index contributed by atoms with van der Waals surface area (Å²) in [5.74, 6) is 0.312. The lowest BCUT2D eigenvalue weighted by atomic mass is 10.1. The SMILES string of the molecule is COC(=O)c1cccc(OCCC(C)CCS(=O)(=O)Cl)c1. The van der Waals surface area contributed by atoms with Crippen LogP contribution in [0.3, 0.4) is 0 Å². The number of hydrogen-bond donors (Lipinski definition) is 0. The number of esters is 1. The number of carbonyl (C=O) groups is 1. The Bertz CT molecular complexity index is 570. The van der Waals surface area contributed by atoms with Gasteiger partial charge in [-0.25, -0.2) is 13.2 Å². The molecule has 0 aliphatic heterocycles. The van der Waals surface area contributed by atoms with Gasteiger partial charge in [0.05, 0.1) is 25.0 Å². The maximum atomic E-state index is 11.4. The molecular formula is C14H19ClO5S. The third-order valence-corrected chi connectivity index (χ3v) is 4.18. The minimum absolute atomic E-state index is 0.0342. The Balaban J connectivity index is 2.40. The van der Waals surface area contributed by atoms with Gasteiger partial charge in [-0.1, -0.05) is 13.0 Å². The van der Waals surface area contributed by atoms with Crippen LogP contribution >= 0.6 is 10.7 Å². The molecule has 118 valence electrons. The minimum atomic E-state index is -3.43.